The van der Waals surface area contributed by atoms with Gasteiger partial charge in [-0.05, 0) is 66.6 Å². The molecule has 4 aromatic rings. The average Bonchev–Trinajstić information content (AvgIpc) is 3.45. The number of hydrogen-bond donors (Lipinski definition) is 2. The lowest BCUT2D eigenvalue weighted by Gasteiger charge is -2.26. The maximum absolute atomic E-state index is 13.3. The van der Waals surface area contributed by atoms with E-state index in [4.69, 9.17) is 9.82 Å². The van der Waals surface area contributed by atoms with Crippen LogP contribution in [0.3, 0.4) is 0 Å². The number of hydroxylamine groups is 1. The third-order valence-corrected chi connectivity index (χ3v) is 8.49. The number of rotatable bonds is 8. The monoisotopic (exact) mass is 556 g/mol. The van der Waals surface area contributed by atoms with Crippen molar-refractivity contribution in [1.29, 1.82) is 0 Å². The Balaban J connectivity index is 1.34. The van der Waals surface area contributed by atoms with Crippen LogP contribution in [0.5, 0.6) is 0 Å². The molecule has 0 bridgehead atoms. The molecule has 2 aromatic heterocycles. The Hall–Kier alpha value is -3.73. The number of thioether (sulfide) groups is 1. The predicted octanol–water partition coefficient (Wildman–Crippen LogP) is 3.90. The Morgan fingerprint density at radius 2 is 1.95 bits per heavy atom. The molecule has 2 N–H and O–H groups in total. The van der Waals surface area contributed by atoms with Gasteiger partial charge in [0.1, 0.15) is 5.56 Å². The SMILES string of the molecule is CONC(=O)c1cn(-c2ccc3c(c2)CCC3)c2nc(Nc3cccc(CCN4CCSCC4)c3)ncc2c1=O. The van der Waals surface area contributed by atoms with Crippen molar-refractivity contribution < 1.29 is 9.63 Å². The van der Waals surface area contributed by atoms with E-state index in [0.717, 1.165) is 56.7 Å². The molecular formula is C30H32N6O3S. The Morgan fingerprint density at radius 1 is 1.10 bits per heavy atom. The highest BCUT2D eigenvalue weighted by Crippen LogP contribution is 2.26. The fourth-order valence-electron chi connectivity index (χ4n) is 5.43. The van der Waals surface area contributed by atoms with Crippen LogP contribution in [0, 0.1) is 0 Å². The number of nitrogens with zero attached hydrogens (tertiary/aromatic N) is 4. The van der Waals surface area contributed by atoms with Crippen molar-refractivity contribution in [1.82, 2.24) is 24.9 Å². The molecule has 206 valence electrons. The Bertz CT molecular complexity index is 1620. The van der Waals surface area contributed by atoms with Gasteiger partial charge in [0.15, 0.2) is 5.65 Å². The first-order chi connectivity index (χ1) is 19.6. The van der Waals surface area contributed by atoms with Crippen LogP contribution in [0.4, 0.5) is 11.6 Å². The zero-order chi connectivity index (χ0) is 27.5. The van der Waals surface area contributed by atoms with E-state index < -0.39 is 11.3 Å². The summed E-state index contributed by atoms with van der Waals surface area (Å²) in [6.45, 7) is 3.34. The number of carbonyl (C=O) groups is 1. The van der Waals surface area contributed by atoms with Gasteiger partial charge in [0.2, 0.25) is 11.4 Å². The zero-order valence-electron chi connectivity index (χ0n) is 22.5. The number of aromatic nitrogens is 3. The van der Waals surface area contributed by atoms with E-state index in [1.54, 1.807) is 4.57 Å². The van der Waals surface area contributed by atoms with Gasteiger partial charge in [-0.3, -0.25) is 14.4 Å². The quantitative estimate of drug-likeness (QED) is 0.315. The molecule has 1 aliphatic heterocycles. The lowest BCUT2D eigenvalue weighted by Crippen LogP contribution is -2.34. The Morgan fingerprint density at radius 3 is 2.80 bits per heavy atom. The van der Waals surface area contributed by atoms with Gasteiger partial charge in [-0.1, -0.05) is 18.2 Å². The van der Waals surface area contributed by atoms with Crippen molar-refractivity contribution in [3.63, 3.8) is 0 Å². The number of anilines is 2. The maximum atomic E-state index is 13.3. The zero-order valence-corrected chi connectivity index (χ0v) is 23.3. The molecule has 2 aliphatic rings. The van der Waals surface area contributed by atoms with E-state index >= 15 is 0 Å². The van der Waals surface area contributed by atoms with E-state index in [2.05, 4.69) is 44.9 Å². The number of fused-ring (bicyclic) bond motifs is 2. The second-order valence-corrected chi connectivity index (χ2v) is 11.4. The maximum Gasteiger partial charge on any atom is 0.280 e. The van der Waals surface area contributed by atoms with Gasteiger partial charge in [-0.2, -0.15) is 16.7 Å². The first-order valence-electron chi connectivity index (χ1n) is 13.6. The molecule has 10 heteroatoms. The summed E-state index contributed by atoms with van der Waals surface area (Å²) >= 11 is 2.02. The van der Waals surface area contributed by atoms with Crippen LogP contribution in [0.1, 0.15) is 33.5 Å². The van der Waals surface area contributed by atoms with Crippen molar-refractivity contribution in [3.05, 3.63) is 87.3 Å². The summed E-state index contributed by atoms with van der Waals surface area (Å²) in [5.74, 6) is 2.17. The normalized spacial score (nSPS) is 15.2. The number of carbonyl (C=O) groups excluding carboxylic acids is 1. The highest BCUT2D eigenvalue weighted by Gasteiger charge is 2.20. The molecule has 1 saturated heterocycles. The molecule has 9 nitrogen and oxygen atoms in total. The number of pyridine rings is 1. The van der Waals surface area contributed by atoms with Crippen LogP contribution in [-0.4, -0.2) is 63.6 Å². The van der Waals surface area contributed by atoms with E-state index in [1.807, 2.05) is 30.0 Å². The molecule has 0 unspecified atom stereocenters. The van der Waals surface area contributed by atoms with Crippen LogP contribution in [0.15, 0.2) is 59.7 Å². The minimum atomic E-state index is -0.619. The van der Waals surface area contributed by atoms with Crippen molar-refractivity contribution in [2.45, 2.75) is 25.7 Å². The van der Waals surface area contributed by atoms with Gasteiger partial charge in [-0.15, -0.1) is 0 Å². The molecule has 1 aliphatic carbocycles. The van der Waals surface area contributed by atoms with Crippen LogP contribution in [-0.2, 0) is 24.1 Å². The molecule has 6 rings (SSSR count). The summed E-state index contributed by atoms with van der Waals surface area (Å²) in [4.78, 5) is 42.5. The number of nitrogens with one attached hydrogen (secondary N) is 2. The van der Waals surface area contributed by atoms with Gasteiger partial charge in [0, 0.05) is 54.9 Å². The van der Waals surface area contributed by atoms with E-state index in [-0.39, 0.29) is 10.9 Å². The highest BCUT2D eigenvalue weighted by molar-refractivity contribution is 7.99. The summed E-state index contributed by atoms with van der Waals surface area (Å²) < 4.78 is 1.79. The second kappa shape index (κ2) is 11.8. The van der Waals surface area contributed by atoms with Gasteiger partial charge < -0.3 is 14.8 Å². The molecule has 0 saturated carbocycles. The second-order valence-electron chi connectivity index (χ2n) is 10.1. The van der Waals surface area contributed by atoms with Gasteiger partial charge >= 0.3 is 0 Å². The minimum Gasteiger partial charge on any atom is -0.324 e. The summed E-state index contributed by atoms with van der Waals surface area (Å²) in [6, 6.07) is 14.5. The standard InChI is InChI=1S/C30H32N6O3S/c1-39-34-29(38)26-19-36(24-9-8-21-5-3-6-22(21)17-24)28-25(27(26)37)18-31-30(33-28)32-23-7-2-4-20(16-23)10-11-35-12-14-40-15-13-35/h2,4,7-9,16-19H,3,5-6,10-15H2,1H3,(H,34,38)(H,31,32,33). The number of hydrogen-bond acceptors (Lipinski definition) is 8. The minimum absolute atomic E-state index is 0.0424. The van der Waals surface area contributed by atoms with E-state index in [0.29, 0.717) is 11.6 Å². The lowest BCUT2D eigenvalue weighted by atomic mass is 10.1. The molecule has 0 radical (unpaired) electrons. The molecule has 0 atom stereocenters. The van der Waals surface area contributed by atoms with Crippen LogP contribution >= 0.6 is 11.8 Å². The molecular weight excluding hydrogens is 524 g/mol. The van der Waals surface area contributed by atoms with Crippen molar-refractivity contribution in [2.75, 3.05) is 43.6 Å². The van der Waals surface area contributed by atoms with Crippen molar-refractivity contribution >= 4 is 40.3 Å². The third kappa shape index (κ3) is 5.60. The fraction of sp³-hybridized carbons (Fsp3) is 0.333. The lowest BCUT2D eigenvalue weighted by molar-refractivity contribution is 0.0536. The smallest absolute Gasteiger partial charge is 0.280 e. The van der Waals surface area contributed by atoms with E-state index in [9.17, 15) is 9.59 Å². The van der Waals surface area contributed by atoms with Crippen molar-refractivity contribution in [2.24, 2.45) is 0 Å². The average molecular weight is 557 g/mol. The molecule has 40 heavy (non-hydrogen) atoms. The summed E-state index contributed by atoms with van der Waals surface area (Å²) in [5, 5.41) is 3.57. The predicted molar refractivity (Wildman–Crippen MR) is 159 cm³/mol. The van der Waals surface area contributed by atoms with Crippen LogP contribution < -0.4 is 16.2 Å². The van der Waals surface area contributed by atoms with E-state index in [1.165, 1.54) is 47.7 Å². The molecule has 2 aromatic carbocycles. The Labute approximate surface area is 236 Å². The number of aryl methyl sites for hydroxylation is 2. The molecule has 1 fully saturated rings. The van der Waals surface area contributed by atoms with Crippen molar-refractivity contribution in [3.8, 4) is 5.69 Å². The fourth-order valence-corrected chi connectivity index (χ4v) is 6.41. The third-order valence-electron chi connectivity index (χ3n) is 7.55. The summed E-state index contributed by atoms with van der Waals surface area (Å²) in [7, 11) is 1.33. The van der Waals surface area contributed by atoms with Crippen LogP contribution in [0.2, 0.25) is 0 Å². The van der Waals surface area contributed by atoms with Crippen LogP contribution in [0.25, 0.3) is 16.7 Å². The highest BCUT2D eigenvalue weighted by atomic mass is 32.2. The number of benzene rings is 2. The van der Waals surface area contributed by atoms with Gasteiger partial charge in [-0.25, -0.2) is 10.5 Å². The summed E-state index contributed by atoms with van der Waals surface area (Å²) in [5.41, 5.74) is 7.76. The first-order valence-corrected chi connectivity index (χ1v) is 14.8. The largest absolute Gasteiger partial charge is 0.324 e. The Kier molecular flexibility index (Phi) is 7.81. The molecule has 1 amide bonds. The molecule has 3 heterocycles. The topological polar surface area (TPSA) is 101 Å². The van der Waals surface area contributed by atoms with Gasteiger partial charge in [0.05, 0.1) is 12.5 Å². The molecule has 0 spiro atoms. The first kappa shape index (κ1) is 26.5. The number of amides is 1. The summed E-state index contributed by atoms with van der Waals surface area (Å²) in [6.07, 6.45) is 7.19. The van der Waals surface area contributed by atoms with Gasteiger partial charge in [0.25, 0.3) is 5.91 Å².